The molecule has 0 saturated heterocycles. The molecule has 148 valence electrons. The number of ether oxygens (including phenoxy) is 3. The number of nitro benzene ring substituents is 1. The fraction of sp³-hybridized carbons (Fsp3) is 0.150. The van der Waals surface area contributed by atoms with Gasteiger partial charge < -0.3 is 14.2 Å². The molecular weight excluding hydrogens is 380 g/mol. The molecule has 9 heteroatoms. The van der Waals surface area contributed by atoms with E-state index in [9.17, 15) is 19.7 Å². The van der Waals surface area contributed by atoms with E-state index in [2.05, 4.69) is 4.99 Å². The van der Waals surface area contributed by atoms with Gasteiger partial charge in [-0.15, -0.1) is 0 Å². The van der Waals surface area contributed by atoms with Crippen LogP contribution in [0.25, 0.3) is 6.08 Å². The number of nitrogens with zero attached hydrogens (tertiary/aromatic N) is 2. The maximum Gasteiger partial charge on any atom is 0.363 e. The van der Waals surface area contributed by atoms with Crippen LogP contribution in [0.5, 0.6) is 11.5 Å². The number of hydrogen-bond donors (Lipinski definition) is 0. The number of aliphatic imine (C=N–C) groups is 1. The van der Waals surface area contributed by atoms with E-state index in [-0.39, 0.29) is 23.0 Å². The van der Waals surface area contributed by atoms with Crippen molar-refractivity contribution in [2.75, 3.05) is 7.11 Å². The molecule has 2 aromatic carbocycles. The Morgan fingerprint density at radius 3 is 2.62 bits per heavy atom. The average molecular weight is 396 g/mol. The van der Waals surface area contributed by atoms with Gasteiger partial charge in [-0.3, -0.25) is 14.9 Å². The van der Waals surface area contributed by atoms with E-state index in [1.807, 2.05) is 0 Å². The molecule has 0 amide bonds. The van der Waals surface area contributed by atoms with Gasteiger partial charge in [0.2, 0.25) is 5.90 Å². The van der Waals surface area contributed by atoms with Crippen molar-refractivity contribution in [2.24, 2.45) is 4.99 Å². The van der Waals surface area contributed by atoms with Gasteiger partial charge in [-0.2, -0.15) is 0 Å². The number of carbonyl (C=O) groups is 2. The number of esters is 2. The zero-order chi connectivity index (χ0) is 21.1. The number of rotatable bonds is 5. The van der Waals surface area contributed by atoms with Gasteiger partial charge in [-0.1, -0.05) is 12.1 Å². The van der Waals surface area contributed by atoms with Gasteiger partial charge in [-0.25, -0.2) is 9.79 Å². The van der Waals surface area contributed by atoms with E-state index in [0.717, 1.165) is 0 Å². The molecule has 0 aromatic heterocycles. The Bertz CT molecular complexity index is 1090. The second kappa shape index (κ2) is 7.93. The minimum absolute atomic E-state index is 0.0190. The molecule has 1 aliphatic rings. The molecule has 0 spiro atoms. The highest BCUT2D eigenvalue weighted by Crippen LogP contribution is 2.30. The third-order valence-electron chi connectivity index (χ3n) is 4.02. The van der Waals surface area contributed by atoms with E-state index >= 15 is 0 Å². The lowest BCUT2D eigenvalue weighted by Crippen LogP contribution is -2.06. The fourth-order valence-corrected chi connectivity index (χ4v) is 2.64. The molecule has 1 heterocycles. The van der Waals surface area contributed by atoms with Crippen molar-refractivity contribution in [3.05, 3.63) is 68.9 Å². The Hall–Kier alpha value is -4.01. The Morgan fingerprint density at radius 1 is 1.21 bits per heavy atom. The quantitative estimate of drug-likeness (QED) is 0.250. The molecule has 0 unspecified atom stereocenters. The van der Waals surface area contributed by atoms with Crippen LogP contribution in [0.1, 0.15) is 23.6 Å². The molecule has 0 atom stereocenters. The molecule has 3 rings (SSSR count). The van der Waals surface area contributed by atoms with Crippen LogP contribution in [-0.2, 0) is 14.3 Å². The van der Waals surface area contributed by atoms with Crippen LogP contribution in [-0.4, -0.2) is 29.9 Å². The minimum Gasteiger partial charge on any atom is -0.493 e. The number of methoxy groups -OCH3 is 1. The van der Waals surface area contributed by atoms with Gasteiger partial charge in [-0.05, 0) is 36.8 Å². The number of cyclic esters (lactones) is 1. The van der Waals surface area contributed by atoms with E-state index in [0.29, 0.717) is 22.4 Å². The number of hydrogen-bond acceptors (Lipinski definition) is 8. The number of nitro groups is 1. The third-order valence-corrected chi connectivity index (χ3v) is 4.02. The topological polar surface area (TPSA) is 117 Å². The summed E-state index contributed by atoms with van der Waals surface area (Å²) in [6, 6.07) is 9.18. The summed E-state index contributed by atoms with van der Waals surface area (Å²) < 4.78 is 15.4. The number of aryl methyl sites for hydroxylation is 1. The Labute approximate surface area is 165 Å². The van der Waals surface area contributed by atoms with Crippen LogP contribution in [0.3, 0.4) is 0 Å². The smallest absolute Gasteiger partial charge is 0.363 e. The normalized spacial score (nSPS) is 14.4. The van der Waals surface area contributed by atoms with Crippen molar-refractivity contribution in [1.29, 1.82) is 0 Å². The van der Waals surface area contributed by atoms with Crippen LogP contribution in [0, 0.1) is 17.0 Å². The lowest BCUT2D eigenvalue weighted by Gasteiger charge is -2.08. The van der Waals surface area contributed by atoms with Crippen molar-refractivity contribution in [3.8, 4) is 11.5 Å². The van der Waals surface area contributed by atoms with Crippen LogP contribution in [0.2, 0.25) is 0 Å². The molecule has 0 fully saturated rings. The highest BCUT2D eigenvalue weighted by molar-refractivity contribution is 6.13. The molecule has 2 aromatic rings. The standard InChI is InChI=1S/C20H16N2O7/c1-11-4-6-14(10-16(11)22(25)26)19-21-15(20(24)29-19)8-13-5-7-17(28-12(2)23)18(9-13)27-3/h4-10H,1-3H3. The van der Waals surface area contributed by atoms with Gasteiger partial charge in [0.15, 0.2) is 17.2 Å². The van der Waals surface area contributed by atoms with Crippen LogP contribution < -0.4 is 9.47 Å². The highest BCUT2D eigenvalue weighted by Gasteiger charge is 2.26. The second-order valence-corrected chi connectivity index (χ2v) is 6.10. The first-order valence-corrected chi connectivity index (χ1v) is 8.43. The summed E-state index contributed by atoms with van der Waals surface area (Å²) in [4.78, 5) is 38.1. The fourth-order valence-electron chi connectivity index (χ4n) is 2.64. The van der Waals surface area contributed by atoms with Crippen LogP contribution >= 0.6 is 0 Å². The Balaban J connectivity index is 1.94. The molecule has 0 N–H and O–H groups in total. The molecular formula is C20H16N2O7. The first-order valence-electron chi connectivity index (χ1n) is 8.43. The van der Waals surface area contributed by atoms with Gasteiger partial charge in [0, 0.05) is 24.1 Å². The van der Waals surface area contributed by atoms with E-state index in [1.165, 1.54) is 32.2 Å². The summed E-state index contributed by atoms with van der Waals surface area (Å²) in [5.74, 6) is -0.652. The van der Waals surface area contributed by atoms with Crippen molar-refractivity contribution >= 4 is 29.6 Å². The zero-order valence-electron chi connectivity index (χ0n) is 15.8. The highest BCUT2D eigenvalue weighted by atomic mass is 16.6. The maximum absolute atomic E-state index is 12.2. The van der Waals surface area contributed by atoms with Crippen LogP contribution in [0.4, 0.5) is 5.69 Å². The predicted octanol–water partition coefficient (Wildman–Crippen LogP) is 3.18. The summed E-state index contributed by atoms with van der Waals surface area (Å²) in [5.41, 5.74) is 1.29. The molecule has 0 radical (unpaired) electrons. The van der Waals surface area contributed by atoms with Crippen molar-refractivity contribution in [3.63, 3.8) is 0 Å². The summed E-state index contributed by atoms with van der Waals surface area (Å²) in [7, 11) is 1.42. The van der Waals surface area contributed by atoms with Crippen LogP contribution in [0.15, 0.2) is 47.1 Å². The lowest BCUT2D eigenvalue weighted by molar-refractivity contribution is -0.385. The minimum atomic E-state index is -0.689. The van der Waals surface area contributed by atoms with Crippen molar-refractivity contribution in [1.82, 2.24) is 0 Å². The first kappa shape index (κ1) is 19.7. The SMILES string of the molecule is COc1cc(C=C2N=C(c3ccc(C)c([N+](=O)[O-])c3)OC2=O)ccc1OC(C)=O. The van der Waals surface area contributed by atoms with Gasteiger partial charge in [0.1, 0.15) is 0 Å². The molecule has 29 heavy (non-hydrogen) atoms. The van der Waals surface area contributed by atoms with Gasteiger partial charge in [0.05, 0.1) is 12.0 Å². The Morgan fingerprint density at radius 2 is 1.97 bits per heavy atom. The zero-order valence-corrected chi connectivity index (χ0v) is 15.8. The predicted molar refractivity (Wildman–Crippen MR) is 103 cm³/mol. The summed E-state index contributed by atoms with van der Waals surface area (Å²) in [6.45, 7) is 2.89. The molecule has 0 aliphatic carbocycles. The van der Waals surface area contributed by atoms with E-state index in [4.69, 9.17) is 14.2 Å². The third kappa shape index (κ3) is 4.29. The number of carbonyl (C=O) groups excluding carboxylic acids is 2. The largest absolute Gasteiger partial charge is 0.493 e. The molecule has 1 aliphatic heterocycles. The average Bonchev–Trinajstić information content (AvgIpc) is 3.03. The van der Waals surface area contributed by atoms with Gasteiger partial charge >= 0.3 is 11.9 Å². The maximum atomic E-state index is 12.2. The summed E-state index contributed by atoms with van der Waals surface area (Å²) in [5, 5.41) is 11.1. The van der Waals surface area contributed by atoms with Crippen molar-refractivity contribution in [2.45, 2.75) is 13.8 Å². The monoisotopic (exact) mass is 396 g/mol. The first-order chi connectivity index (χ1) is 13.8. The molecule has 0 saturated carbocycles. The van der Waals surface area contributed by atoms with E-state index < -0.39 is 16.9 Å². The van der Waals surface area contributed by atoms with Gasteiger partial charge in [0.25, 0.3) is 5.69 Å². The number of benzene rings is 2. The molecule has 9 nitrogen and oxygen atoms in total. The Kier molecular flexibility index (Phi) is 5.40. The lowest BCUT2D eigenvalue weighted by atomic mass is 10.1. The summed E-state index contributed by atoms with van der Waals surface area (Å²) in [6.07, 6.45) is 1.47. The van der Waals surface area contributed by atoms with E-state index in [1.54, 1.807) is 31.2 Å². The second-order valence-electron chi connectivity index (χ2n) is 6.10. The van der Waals surface area contributed by atoms with Crippen molar-refractivity contribution < 1.29 is 28.7 Å². The molecule has 0 bridgehead atoms. The summed E-state index contributed by atoms with van der Waals surface area (Å²) >= 11 is 0.